The molecule has 1 saturated carbocycles. The summed E-state index contributed by atoms with van der Waals surface area (Å²) in [6.45, 7) is 2.29. The van der Waals surface area contributed by atoms with E-state index in [1.165, 1.54) is 25.7 Å². The van der Waals surface area contributed by atoms with Gasteiger partial charge >= 0.3 is 0 Å². The number of aromatic nitrogens is 2. The quantitative estimate of drug-likeness (QED) is 0.854. The Morgan fingerprint density at radius 1 is 1.12 bits per heavy atom. The Kier molecular flexibility index (Phi) is 2.46. The summed E-state index contributed by atoms with van der Waals surface area (Å²) >= 11 is 0. The summed E-state index contributed by atoms with van der Waals surface area (Å²) in [6, 6.07) is 8.15. The molecule has 1 aliphatic carbocycles. The number of anilines is 1. The molecule has 3 heteroatoms. The largest absolute Gasteiger partial charge is 0.364 e. The molecule has 1 aromatic heterocycles. The van der Waals surface area contributed by atoms with Gasteiger partial charge in [0.25, 0.3) is 0 Å². The lowest BCUT2D eigenvalue weighted by atomic mass is 10.0. The van der Waals surface area contributed by atoms with Gasteiger partial charge in [0.05, 0.1) is 5.52 Å². The van der Waals surface area contributed by atoms with E-state index in [1.807, 2.05) is 18.2 Å². The average Bonchev–Trinajstić information content (AvgIpc) is 2.76. The van der Waals surface area contributed by atoms with Crippen LogP contribution in [0.25, 0.3) is 10.9 Å². The molecule has 0 saturated heterocycles. The number of para-hydroxylation sites is 1. The molecular formula is C14H17N3. The minimum absolute atomic E-state index is 0.205. The van der Waals surface area contributed by atoms with Crippen molar-refractivity contribution < 1.29 is 0 Å². The first-order valence-corrected chi connectivity index (χ1v) is 6.25. The van der Waals surface area contributed by atoms with Gasteiger partial charge in [0, 0.05) is 10.9 Å². The summed E-state index contributed by atoms with van der Waals surface area (Å²) in [7, 11) is 0. The van der Waals surface area contributed by atoms with Gasteiger partial charge in [0.1, 0.15) is 12.1 Å². The summed E-state index contributed by atoms with van der Waals surface area (Å²) in [6.07, 6.45) is 6.72. The number of hydrogen-bond donors (Lipinski definition) is 1. The molecule has 1 aromatic carbocycles. The number of rotatable bonds is 2. The molecule has 0 amide bonds. The highest BCUT2D eigenvalue weighted by atomic mass is 15.1. The zero-order valence-corrected chi connectivity index (χ0v) is 10.1. The van der Waals surface area contributed by atoms with E-state index in [0.717, 1.165) is 16.7 Å². The van der Waals surface area contributed by atoms with Crippen LogP contribution < -0.4 is 5.32 Å². The van der Waals surface area contributed by atoms with Crippen molar-refractivity contribution in [1.82, 2.24) is 9.97 Å². The minimum atomic E-state index is 0.205. The van der Waals surface area contributed by atoms with Gasteiger partial charge in [-0.2, -0.15) is 0 Å². The minimum Gasteiger partial charge on any atom is -0.364 e. The first-order chi connectivity index (χ1) is 8.27. The number of fused-ring (bicyclic) bond motifs is 1. The maximum atomic E-state index is 4.39. The zero-order chi connectivity index (χ0) is 11.7. The fourth-order valence-corrected chi connectivity index (χ4v) is 2.67. The van der Waals surface area contributed by atoms with E-state index in [-0.39, 0.29) is 5.54 Å². The third kappa shape index (κ3) is 1.97. The monoisotopic (exact) mass is 227 g/mol. The smallest absolute Gasteiger partial charge is 0.137 e. The van der Waals surface area contributed by atoms with Gasteiger partial charge in [-0.25, -0.2) is 9.97 Å². The molecule has 1 aliphatic rings. The second-order valence-corrected chi connectivity index (χ2v) is 5.13. The maximum absolute atomic E-state index is 4.39. The van der Waals surface area contributed by atoms with Crippen LogP contribution in [-0.2, 0) is 0 Å². The van der Waals surface area contributed by atoms with E-state index in [2.05, 4.69) is 28.3 Å². The predicted octanol–water partition coefficient (Wildman–Crippen LogP) is 3.37. The van der Waals surface area contributed by atoms with Gasteiger partial charge in [-0.1, -0.05) is 25.0 Å². The van der Waals surface area contributed by atoms with Crippen LogP contribution in [0, 0.1) is 0 Å². The van der Waals surface area contributed by atoms with E-state index in [1.54, 1.807) is 6.33 Å². The van der Waals surface area contributed by atoms with Gasteiger partial charge in [0.2, 0.25) is 0 Å². The van der Waals surface area contributed by atoms with Gasteiger partial charge in [-0.05, 0) is 31.9 Å². The van der Waals surface area contributed by atoms with E-state index < -0.39 is 0 Å². The molecule has 1 N–H and O–H groups in total. The van der Waals surface area contributed by atoms with Crippen molar-refractivity contribution in [3.63, 3.8) is 0 Å². The number of benzene rings is 1. The van der Waals surface area contributed by atoms with Gasteiger partial charge in [-0.3, -0.25) is 0 Å². The second-order valence-electron chi connectivity index (χ2n) is 5.13. The van der Waals surface area contributed by atoms with Crippen LogP contribution in [-0.4, -0.2) is 15.5 Å². The highest BCUT2D eigenvalue weighted by molar-refractivity contribution is 5.88. The zero-order valence-electron chi connectivity index (χ0n) is 10.1. The molecule has 1 heterocycles. The summed E-state index contributed by atoms with van der Waals surface area (Å²) in [5, 5.41) is 4.72. The van der Waals surface area contributed by atoms with Crippen LogP contribution in [0.4, 0.5) is 5.82 Å². The van der Waals surface area contributed by atoms with Crippen molar-refractivity contribution in [2.45, 2.75) is 38.1 Å². The standard InChI is InChI=1S/C14H17N3/c1-14(8-4-5-9-14)17-13-11-6-2-3-7-12(11)15-10-16-13/h2-3,6-7,10H,4-5,8-9H2,1H3,(H,15,16,17). The molecular weight excluding hydrogens is 210 g/mol. The van der Waals surface area contributed by atoms with Crippen LogP contribution in [0.15, 0.2) is 30.6 Å². The molecule has 3 nitrogen and oxygen atoms in total. The Bertz CT molecular complexity index is 524. The maximum Gasteiger partial charge on any atom is 0.137 e. The number of nitrogens with one attached hydrogen (secondary N) is 1. The normalized spacial score (nSPS) is 18.4. The van der Waals surface area contributed by atoms with Crippen molar-refractivity contribution in [3.8, 4) is 0 Å². The Morgan fingerprint density at radius 2 is 1.88 bits per heavy atom. The fraction of sp³-hybridized carbons (Fsp3) is 0.429. The Labute approximate surface area is 101 Å². The van der Waals surface area contributed by atoms with Crippen molar-refractivity contribution in [3.05, 3.63) is 30.6 Å². The molecule has 3 rings (SSSR count). The average molecular weight is 227 g/mol. The summed E-state index contributed by atoms with van der Waals surface area (Å²) in [4.78, 5) is 8.68. The summed E-state index contributed by atoms with van der Waals surface area (Å²) < 4.78 is 0. The second kappa shape index (κ2) is 3.99. The van der Waals surface area contributed by atoms with E-state index >= 15 is 0 Å². The third-order valence-corrected chi connectivity index (χ3v) is 3.67. The highest BCUT2D eigenvalue weighted by Crippen LogP contribution is 2.33. The third-order valence-electron chi connectivity index (χ3n) is 3.67. The highest BCUT2D eigenvalue weighted by Gasteiger charge is 2.29. The first kappa shape index (κ1) is 10.5. The fourth-order valence-electron chi connectivity index (χ4n) is 2.67. The number of hydrogen-bond acceptors (Lipinski definition) is 3. The van der Waals surface area contributed by atoms with Crippen molar-refractivity contribution in [1.29, 1.82) is 0 Å². The van der Waals surface area contributed by atoms with Crippen LogP contribution in [0.1, 0.15) is 32.6 Å². The van der Waals surface area contributed by atoms with E-state index in [0.29, 0.717) is 0 Å². The summed E-state index contributed by atoms with van der Waals surface area (Å²) in [5.74, 6) is 0.972. The van der Waals surface area contributed by atoms with Gasteiger partial charge in [0.15, 0.2) is 0 Å². The molecule has 0 aliphatic heterocycles. The van der Waals surface area contributed by atoms with Gasteiger partial charge in [-0.15, -0.1) is 0 Å². The van der Waals surface area contributed by atoms with Crippen molar-refractivity contribution >= 4 is 16.7 Å². The van der Waals surface area contributed by atoms with E-state index in [4.69, 9.17) is 0 Å². The van der Waals surface area contributed by atoms with E-state index in [9.17, 15) is 0 Å². The van der Waals surface area contributed by atoms with Crippen LogP contribution in [0.3, 0.4) is 0 Å². The molecule has 0 atom stereocenters. The van der Waals surface area contributed by atoms with Crippen molar-refractivity contribution in [2.24, 2.45) is 0 Å². The lowest BCUT2D eigenvalue weighted by molar-refractivity contribution is 0.531. The molecule has 0 radical (unpaired) electrons. The first-order valence-electron chi connectivity index (χ1n) is 6.25. The summed E-state index contributed by atoms with van der Waals surface area (Å²) in [5.41, 5.74) is 1.21. The molecule has 88 valence electrons. The van der Waals surface area contributed by atoms with Crippen LogP contribution in [0.5, 0.6) is 0 Å². The molecule has 2 aromatic rings. The molecule has 1 fully saturated rings. The number of nitrogens with zero attached hydrogens (tertiary/aromatic N) is 2. The lowest BCUT2D eigenvalue weighted by Crippen LogP contribution is -2.31. The molecule has 17 heavy (non-hydrogen) atoms. The Balaban J connectivity index is 2.00. The molecule has 0 spiro atoms. The Morgan fingerprint density at radius 3 is 2.71 bits per heavy atom. The SMILES string of the molecule is CC1(Nc2ncnc3ccccc23)CCCC1. The lowest BCUT2D eigenvalue weighted by Gasteiger charge is -2.26. The molecule has 0 bridgehead atoms. The van der Waals surface area contributed by atoms with Gasteiger partial charge < -0.3 is 5.32 Å². The van der Waals surface area contributed by atoms with Crippen molar-refractivity contribution in [2.75, 3.05) is 5.32 Å². The predicted molar refractivity (Wildman–Crippen MR) is 70.0 cm³/mol. The topological polar surface area (TPSA) is 37.8 Å². The Hall–Kier alpha value is -1.64. The van der Waals surface area contributed by atoms with Crippen LogP contribution in [0.2, 0.25) is 0 Å². The molecule has 0 unspecified atom stereocenters. The van der Waals surface area contributed by atoms with Crippen LogP contribution >= 0.6 is 0 Å².